The van der Waals surface area contributed by atoms with Crippen LogP contribution in [0.25, 0.3) is 10.2 Å². The highest BCUT2D eigenvalue weighted by atomic mass is 32.1. The fourth-order valence-electron chi connectivity index (χ4n) is 3.36. The number of nitrogens with one attached hydrogen (secondary N) is 2. The predicted octanol–water partition coefficient (Wildman–Crippen LogP) is 2.83. The Kier molecular flexibility index (Phi) is 4.18. The van der Waals surface area contributed by atoms with Gasteiger partial charge in [-0.3, -0.25) is 4.79 Å². The summed E-state index contributed by atoms with van der Waals surface area (Å²) < 4.78 is 1.15. The van der Waals surface area contributed by atoms with Gasteiger partial charge in [0.05, 0.1) is 10.2 Å². The van der Waals surface area contributed by atoms with E-state index in [4.69, 9.17) is 4.98 Å². The number of rotatable bonds is 3. The van der Waals surface area contributed by atoms with E-state index in [9.17, 15) is 4.79 Å². The molecule has 0 aliphatic carbocycles. The zero-order valence-electron chi connectivity index (χ0n) is 13.2. The number of aromatic nitrogens is 1. The largest absolute Gasteiger partial charge is 0.348 e. The van der Waals surface area contributed by atoms with Gasteiger partial charge in [-0.2, -0.15) is 0 Å². The first kappa shape index (κ1) is 14.9. The third-order valence-electron chi connectivity index (χ3n) is 4.73. The fourth-order valence-corrected chi connectivity index (χ4v) is 4.42. The summed E-state index contributed by atoms with van der Waals surface area (Å²) >= 11 is 1.72. The Bertz CT molecular complexity index is 702. The van der Waals surface area contributed by atoms with Crippen LogP contribution in [-0.2, 0) is 4.79 Å². The van der Waals surface area contributed by atoms with E-state index in [0.29, 0.717) is 0 Å². The number of fused-ring (bicyclic) bond motifs is 1. The molecule has 0 saturated carbocycles. The number of anilines is 2. The molecule has 0 radical (unpaired) electrons. The van der Waals surface area contributed by atoms with Crippen molar-refractivity contribution in [2.45, 2.75) is 25.7 Å². The molecule has 0 unspecified atom stereocenters. The van der Waals surface area contributed by atoms with E-state index in [0.717, 1.165) is 60.1 Å². The third-order valence-corrected chi connectivity index (χ3v) is 5.81. The first-order valence-electron chi connectivity index (χ1n) is 8.47. The van der Waals surface area contributed by atoms with Crippen LogP contribution in [0.5, 0.6) is 0 Å². The average Bonchev–Trinajstić information content (AvgIpc) is 3.24. The zero-order valence-corrected chi connectivity index (χ0v) is 14.0. The molecule has 2 N–H and O–H groups in total. The molecule has 1 aromatic heterocycles. The number of amides is 1. The van der Waals surface area contributed by atoms with Crippen LogP contribution in [-0.4, -0.2) is 37.1 Å². The molecule has 3 heterocycles. The summed E-state index contributed by atoms with van der Waals surface area (Å²) in [4.78, 5) is 19.4. The van der Waals surface area contributed by atoms with E-state index >= 15 is 0 Å². The van der Waals surface area contributed by atoms with Crippen molar-refractivity contribution in [3.63, 3.8) is 0 Å². The molecule has 4 rings (SSSR count). The van der Waals surface area contributed by atoms with Crippen LogP contribution in [0.1, 0.15) is 25.7 Å². The maximum atomic E-state index is 12.4. The number of hydrogen-bond donors (Lipinski definition) is 2. The Balaban J connectivity index is 1.50. The molecule has 0 spiro atoms. The smallest absolute Gasteiger partial charge is 0.227 e. The van der Waals surface area contributed by atoms with Crippen molar-refractivity contribution in [1.82, 2.24) is 10.3 Å². The number of carbonyl (C=O) groups excluding carboxylic acids is 1. The van der Waals surface area contributed by atoms with E-state index < -0.39 is 0 Å². The van der Waals surface area contributed by atoms with Gasteiger partial charge < -0.3 is 15.5 Å². The van der Waals surface area contributed by atoms with Crippen molar-refractivity contribution in [2.75, 3.05) is 36.4 Å². The SMILES string of the molecule is O=C(Nc1ccc2nc(N3CCCC3)sc2c1)C1CCNCC1. The van der Waals surface area contributed by atoms with Crippen molar-refractivity contribution < 1.29 is 4.79 Å². The monoisotopic (exact) mass is 330 g/mol. The van der Waals surface area contributed by atoms with Crippen molar-refractivity contribution in [3.8, 4) is 0 Å². The summed E-state index contributed by atoms with van der Waals surface area (Å²) in [6.07, 6.45) is 4.36. The summed E-state index contributed by atoms with van der Waals surface area (Å²) in [7, 11) is 0. The van der Waals surface area contributed by atoms with E-state index in [2.05, 4.69) is 21.6 Å². The fraction of sp³-hybridized carbons (Fsp3) is 0.529. The molecule has 2 aliphatic rings. The van der Waals surface area contributed by atoms with Gasteiger partial charge in [0.1, 0.15) is 0 Å². The van der Waals surface area contributed by atoms with Gasteiger partial charge in [-0.1, -0.05) is 11.3 Å². The second-order valence-electron chi connectivity index (χ2n) is 6.39. The molecular formula is C17H22N4OS. The Morgan fingerprint density at radius 3 is 2.83 bits per heavy atom. The lowest BCUT2D eigenvalue weighted by Crippen LogP contribution is -2.34. The van der Waals surface area contributed by atoms with E-state index in [-0.39, 0.29) is 11.8 Å². The van der Waals surface area contributed by atoms with Crippen molar-refractivity contribution in [1.29, 1.82) is 0 Å². The molecule has 6 heteroatoms. The first-order valence-corrected chi connectivity index (χ1v) is 9.28. The molecule has 2 aromatic rings. The highest BCUT2D eigenvalue weighted by Crippen LogP contribution is 2.32. The van der Waals surface area contributed by atoms with Crippen LogP contribution in [0.4, 0.5) is 10.8 Å². The standard InChI is InChI=1S/C17H22N4OS/c22-16(12-5-7-18-8-6-12)19-13-3-4-14-15(11-13)23-17(20-14)21-9-1-2-10-21/h3-4,11-12,18H,1-2,5-10H2,(H,19,22). The summed E-state index contributed by atoms with van der Waals surface area (Å²) in [5, 5.41) is 7.49. The van der Waals surface area contributed by atoms with Gasteiger partial charge in [0.15, 0.2) is 5.13 Å². The maximum Gasteiger partial charge on any atom is 0.227 e. The zero-order chi connectivity index (χ0) is 15.6. The molecular weight excluding hydrogens is 308 g/mol. The van der Waals surface area contributed by atoms with Gasteiger partial charge in [-0.15, -0.1) is 0 Å². The highest BCUT2D eigenvalue weighted by molar-refractivity contribution is 7.22. The summed E-state index contributed by atoms with van der Waals surface area (Å²) in [5.41, 5.74) is 1.91. The van der Waals surface area contributed by atoms with Crippen LogP contribution >= 0.6 is 11.3 Å². The second kappa shape index (κ2) is 6.45. The average molecular weight is 330 g/mol. The molecule has 5 nitrogen and oxygen atoms in total. The van der Waals surface area contributed by atoms with Crippen LogP contribution in [0.2, 0.25) is 0 Å². The van der Waals surface area contributed by atoms with Crippen molar-refractivity contribution in [2.24, 2.45) is 5.92 Å². The molecule has 2 fully saturated rings. The highest BCUT2D eigenvalue weighted by Gasteiger charge is 2.21. The minimum atomic E-state index is 0.133. The number of thiazole rings is 1. The Labute approximate surface area is 140 Å². The van der Waals surface area contributed by atoms with Gasteiger partial charge >= 0.3 is 0 Å². The molecule has 1 aromatic carbocycles. The van der Waals surface area contributed by atoms with E-state index in [1.54, 1.807) is 11.3 Å². The summed E-state index contributed by atoms with van der Waals surface area (Å²) in [5.74, 6) is 0.281. The summed E-state index contributed by atoms with van der Waals surface area (Å²) in [6.45, 7) is 4.09. The molecule has 0 bridgehead atoms. The maximum absolute atomic E-state index is 12.4. The molecule has 2 aliphatic heterocycles. The van der Waals surface area contributed by atoms with Crippen LogP contribution in [0.3, 0.4) is 0 Å². The lowest BCUT2D eigenvalue weighted by molar-refractivity contribution is -0.120. The minimum absolute atomic E-state index is 0.133. The number of nitrogens with zero attached hydrogens (tertiary/aromatic N) is 2. The second-order valence-corrected chi connectivity index (χ2v) is 7.40. The number of benzene rings is 1. The van der Waals surface area contributed by atoms with E-state index in [1.165, 1.54) is 12.8 Å². The van der Waals surface area contributed by atoms with Crippen molar-refractivity contribution in [3.05, 3.63) is 18.2 Å². The quantitative estimate of drug-likeness (QED) is 0.908. The van der Waals surface area contributed by atoms with Crippen LogP contribution in [0.15, 0.2) is 18.2 Å². The molecule has 23 heavy (non-hydrogen) atoms. The Morgan fingerprint density at radius 1 is 1.26 bits per heavy atom. The topological polar surface area (TPSA) is 57.3 Å². The number of hydrogen-bond acceptors (Lipinski definition) is 5. The first-order chi connectivity index (χ1) is 11.3. The number of carbonyl (C=O) groups is 1. The van der Waals surface area contributed by atoms with E-state index in [1.807, 2.05) is 12.1 Å². The lowest BCUT2D eigenvalue weighted by Gasteiger charge is -2.21. The molecule has 122 valence electrons. The molecule has 1 amide bonds. The predicted molar refractivity (Wildman–Crippen MR) is 95.3 cm³/mol. The number of piperidine rings is 1. The van der Waals surface area contributed by atoms with Gasteiger partial charge in [0, 0.05) is 24.7 Å². The van der Waals surface area contributed by atoms with Gasteiger partial charge in [0.2, 0.25) is 5.91 Å². The minimum Gasteiger partial charge on any atom is -0.348 e. The van der Waals surface area contributed by atoms with Gasteiger partial charge in [-0.05, 0) is 57.0 Å². The van der Waals surface area contributed by atoms with Crippen LogP contribution < -0.4 is 15.5 Å². The summed E-state index contributed by atoms with van der Waals surface area (Å²) in [6, 6.07) is 6.05. The normalized spacial score (nSPS) is 19.4. The Hall–Kier alpha value is -1.66. The van der Waals surface area contributed by atoms with Gasteiger partial charge in [-0.25, -0.2) is 4.98 Å². The molecule has 2 saturated heterocycles. The lowest BCUT2D eigenvalue weighted by atomic mass is 9.97. The van der Waals surface area contributed by atoms with Gasteiger partial charge in [0.25, 0.3) is 0 Å². The molecule has 0 atom stereocenters. The third kappa shape index (κ3) is 3.19. The van der Waals surface area contributed by atoms with Crippen molar-refractivity contribution >= 4 is 38.3 Å². The van der Waals surface area contributed by atoms with Crippen LogP contribution in [0, 0.1) is 5.92 Å². The Morgan fingerprint density at radius 2 is 2.04 bits per heavy atom.